The number of carbonyl (C=O) groups is 2. The molecule has 2 heterocycles. The summed E-state index contributed by atoms with van der Waals surface area (Å²) >= 11 is 1.14. The van der Waals surface area contributed by atoms with Gasteiger partial charge in [0.05, 0.1) is 11.5 Å². The van der Waals surface area contributed by atoms with E-state index in [4.69, 9.17) is 5.11 Å². The van der Waals surface area contributed by atoms with Crippen molar-refractivity contribution in [2.45, 2.75) is 27.2 Å². The standard InChI is InChI=1S/C15H18N4O3S/c1-15(2,3)14(22)17-13-9(5-4-6-16-13)10-7-11(19-18-10)23-8-12(20)21/h4-6H,7-8H2,1-3H3,(H,20,21)(H,16,17,22). The molecule has 0 radical (unpaired) electrons. The molecule has 0 unspecified atom stereocenters. The van der Waals surface area contributed by atoms with Crippen LogP contribution in [0.25, 0.3) is 0 Å². The molecule has 0 aromatic carbocycles. The van der Waals surface area contributed by atoms with E-state index in [-0.39, 0.29) is 11.7 Å². The molecular formula is C15H18N4O3S. The molecule has 0 spiro atoms. The van der Waals surface area contributed by atoms with Crippen LogP contribution in [0.3, 0.4) is 0 Å². The van der Waals surface area contributed by atoms with Gasteiger partial charge < -0.3 is 10.4 Å². The fourth-order valence-electron chi connectivity index (χ4n) is 1.74. The summed E-state index contributed by atoms with van der Waals surface area (Å²) in [7, 11) is 0. The molecule has 0 bridgehead atoms. The number of aromatic nitrogens is 1. The molecule has 1 aliphatic heterocycles. The summed E-state index contributed by atoms with van der Waals surface area (Å²) in [6, 6.07) is 3.57. The van der Waals surface area contributed by atoms with Gasteiger partial charge in [0.2, 0.25) is 5.91 Å². The lowest BCUT2D eigenvalue weighted by atomic mass is 9.95. The van der Waals surface area contributed by atoms with E-state index in [1.54, 1.807) is 12.3 Å². The van der Waals surface area contributed by atoms with Gasteiger partial charge in [0, 0.05) is 23.6 Å². The zero-order valence-corrected chi connectivity index (χ0v) is 14.0. The number of hydrogen-bond donors (Lipinski definition) is 2. The van der Waals surface area contributed by atoms with Crippen LogP contribution in [0.4, 0.5) is 5.82 Å². The lowest BCUT2D eigenvalue weighted by molar-refractivity contribution is -0.133. The Morgan fingerprint density at radius 1 is 1.35 bits per heavy atom. The van der Waals surface area contributed by atoms with Crippen molar-refractivity contribution < 1.29 is 14.7 Å². The highest BCUT2D eigenvalue weighted by molar-refractivity contribution is 8.14. The normalized spacial score (nSPS) is 14.2. The van der Waals surface area contributed by atoms with Crippen molar-refractivity contribution in [1.29, 1.82) is 0 Å². The number of carboxylic acid groups (broad SMARTS) is 1. The highest BCUT2D eigenvalue weighted by Crippen LogP contribution is 2.24. The van der Waals surface area contributed by atoms with Crippen molar-refractivity contribution >= 4 is 40.2 Å². The molecule has 1 aromatic rings. The minimum Gasteiger partial charge on any atom is -0.481 e. The van der Waals surface area contributed by atoms with E-state index in [1.807, 2.05) is 26.8 Å². The first-order valence-electron chi connectivity index (χ1n) is 7.02. The number of amides is 1. The van der Waals surface area contributed by atoms with Gasteiger partial charge in [-0.05, 0) is 12.1 Å². The molecule has 2 N–H and O–H groups in total. The average Bonchev–Trinajstić information content (AvgIpc) is 2.93. The number of pyridine rings is 1. The quantitative estimate of drug-likeness (QED) is 0.880. The third-order valence-corrected chi connectivity index (χ3v) is 3.95. The van der Waals surface area contributed by atoms with Gasteiger partial charge in [0.15, 0.2) is 0 Å². The number of thioether (sulfide) groups is 1. The minimum atomic E-state index is -0.898. The van der Waals surface area contributed by atoms with Gasteiger partial charge in [-0.1, -0.05) is 32.5 Å². The Labute approximate surface area is 138 Å². The van der Waals surface area contributed by atoms with E-state index >= 15 is 0 Å². The smallest absolute Gasteiger partial charge is 0.313 e. The molecule has 122 valence electrons. The zero-order chi connectivity index (χ0) is 17.0. The molecule has 0 aliphatic carbocycles. The van der Waals surface area contributed by atoms with Crippen molar-refractivity contribution in [3.63, 3.8) is 0 Å². The van der Waals surface area contributed by atoms with Gasteiger partial charge in [0.1, 0.15) is 10.9 Å². The minimum absolute atomic E-state index is 0.0533. The summed E-state index contributed by atoms with van der Waals surface area (Å²) in [5, 5.41) is 20.2. The molecule has 0 fully saturated rings. The van der Waals surface area contributed by atoms with Gasteiger partial charge in [-0.15, -0.1) is 5.10 Å². The maximum atomic E-state index is 12.2. The number of carbonyl (C=O) groups excluding carboxylic acids is 1. The molecule has 8 heteroatoms. The summed E-state index contributed by atoms with van der Waals surface area (Å²) in [6.07, 6.45) is 2.03. The third kappa shape index (κ3) is 4.62. The second kappa shape index (κ2) is 6.91. The van der Waals surface area contributed by atoms with E-state index in [0.717, 1.165) is 11.8 Å². The number of aliphatic carboxylic acids is 1. The second-order valence-electron chi connectivity index (χ2n) is 6.00. The van der Waals surface area contributed by atoms with Crippen molar-refractivity contribution in [1.82, 2.24) is 4.98 Å². The molecule has 0 saturated carbocycles. The number of nitrogens with one attached hydrogen (secondary N) is 1. The summed E-state index contributed by atoms with van der Waals surface area (Å²) in [5.74, 6) is -0.656. The average molecular weight is 334 g/mol. The van der Waals surface area contributed by atoms with E-state index < -0.39 is 11.4 Å². The van der Waals surface area contributed by atoms with Crippen molar-refractivity contribution in [3.05, 3.63) is 23.9 Å². The molecule has 0 atom stereocenters. The number of carboxylic acids is 1. The lowest BCUT2D eigenvalue weighted by Crippen LogP contribution is -2.29. The number of anilines is 1. The van der Waals surface area contributed by atoms with Crippen molar-refractivity contribution in [2.24, 2.45) is 15.6 Å². The number of hydrogen-bond acceptors (Lipinski definition) is 6. The van der Waals surface area contributed by atoms with Crippen LogP contribution < -0.4 is 5.32 Å². The summed E-state index contributed by atoms with van der Waals surface area (Å²) in [5.41, 5.74) is 0.820. The third-order valence-electron chi connectivity index (χ3n) is 2.99. The summed E-state index contributed by atoms with van der Waals surface area (Å²) in [4.78, 5) is 27.0. The van der Waals surface area contributed by atoms with Crippen molar-refractivity contribution in [3.8, 4) is 0 Å². The highest BCUT2D eigenvalue weighted by atomic mass is 32.2. The Bertz CT molecular complexity index is 692. The molecular weight excluding hydrogens is 316 g/mol. The van der Waals surface area contributed by atoms with Crippen LogP contribution in [0, 0.1) is 5.41 Å². The number of rotatable bonds is 4. The van der Waals surface area contributed by atoms with Gasteiger partial charge in [0.25, 0.3) is 0 Å². The predicted molar refractivity (Wildman–Crippen MR) is 91.0 cm³/mol. The Balaban J connectivity index is 2.11. The SMILES string of the molecule is CC(C)(C)C(=O)Nc1ncccc1C1=NN=C(SCC(=O)O)C1. The van der Waals surface area contributed by atoms with Gasteiger partial charge >= 0.3 is 5.97 Å². The second-order valence-corrected chi connectivity index (χ2v) is 7.05. The Hall–Kier alpha value is -2.22. The number of nitrogens with zero attached hydrogens (tertiary/aromatic N) is 3. The summed E-state index contributed by atoms with van der Waals surface area (Å²) < 4.78 is 0. The Kier molecular flexibility index (Phi) is 5.15. The summed E-state index contributed by atoms with van der Waals surface area (Å²) in [6.45, 7) is 5.46. The maximum Gasteiger partial charge on any atom is 0.313 e. The van der Waals surface area contributed by atoms with E-state index in [0.29, 0.717) is 28.6 Å². The first-order chi connectivity index (χ1) is 10.8. The van der Waals surface area contributed by atoms with Crippen LogP contribution in [-0.4, -0.2) is 38.5 Å². The zero-order valence-electron chi connectivity index (χ0n) is 13.2. The molecule has 7 nitrogen and oxygen atoms in total. The molecule has 0 saturated heterocycles. The van der Waals surface area contributed by atoms with Crippen molar-refractivity contribution in [2.75, 3.05) is 11.1 Å². The van der Waals surface area contributed by atoms with Gasteiger partial charge in [-0.2, -0.15) is 5.10 Å². The van der Waals surface area contributed by atoms with Gasteiger partial charge in [-0.25, -0.2) is 4.98 Å². The van der Waals surface area contributed by atoms with Crippen LogP contribution >= 0.6 is 11.8 Å². The first kappa shape index (κ1) is 17.1. The first-order valence-corrected chi connectivity index (χ1v) is 8.01. The Morgan fingerprint density at radius 2 is 2.09 bits per heavy atom. The van der Waals surface area contributed by atoms with E-state index in [2.05, 4.69) is 20.5 Å². The fourth-order valence-corrected chi connectivity index (χ4v) is 2.36. The van der Waals surface area contributed by atoms with Crippen LogP contribution in [0.2, 0.25) is 0 Å². The fraction of sp³-hybridized carbons (Fsp3) is 0.400. The van der Waals surface area contributed by atoms with Crippen LogP contribution in [0.1, 0.15) is 32.8 Å². The van der Waals surface area contributed by atoms with E-state index in [9.17, 15) is 9.59 Å². The monoisotopic (exact) mass is 334 g/mol. The van der Waals surface area contributed by atoms with Crippen LogP contribution in [0.15, 0.2) is 28.5 Å². The Morgan fingerprint density at radius 3 is 2.74 bits per heavy atom. The van der Waals surface area contributed by atoms with Crippen LogP contribution in [0.5, 0.6) is 0 Å². The topological polar surface area (TPSA) is 104 Å². The molecule has 2 rings (SSSR count). The highest BCUT2D eigenvalue weighted by Gasteiger charge is 2.24. The van der Waals surface area contributed by atoms with Crippen LogP contribution in [-0.2, 0) is 9.59 Å². The predicted octanol–water partition coefficient (Wildman–Crippen LogP) is 2.39. The molecule has 1 aromatic heterocycles. The van der Waals surface area contributed by atoms with Gasteiger partial charge in [-0.3, -0.25) is 9.59 Å². The molecule has 23 heavy (non-hydrogen) atoms. The largest absolute Gasteiger partial charge is 0.481 e. The lowest BCUT2D eigenvalue weighted by Gasteiger charge is -2.18. The maximum absolute atomic E-state index is 12.2. The molecule has 1 amide bonds. The molecule has 1 aliphatic rings. The van der Waals surface area contributed by atoms with E-state index in [1.165, 1.54) is 0 Å².